The quantitative estimate of drug-likeness (QED) is 0.837. The highest BCUT2D eigenvalue weighted by Crippen LogP contribution is 2.15. The molecule has 0 aliphatic carbocycles. The number of alkyl halides is 3. The van der Waals surface area contributed by atoms with Gasteiger partial charge in [0.05, 0.1) is 6.54 Å². The van der Waals surface area contributed by atoms with Crippen molar-refractivity contribution in [2.45, 2.75) is 25.6 Å². The molecule has 1 atom stereocenters. The largest absolute Gasteiger partial charge is 0.508 e. The highest BCUT2D eigenvalue weighted by molar-refractivity contribution is 5.27. The summed E-state index contributed by atoms with van der Waals surface area (Å²) in [5.41, 5.74) is 0.808. The van der Waals surface area contributed by atoms with E-state index in [-0.39, 0.29) is 11.8 Å². The number of benzene rings is 1. The predicted molar refractivity (Wildman–Crippen MR) is 55.3 cm³/mol. The summed E-state index contributed by atoms with van der Waals surface area (Å²) < 4.78 is 35.7. The molecule has 1 aromatic rings. The SMILES string of the molecule is C[C@H](Cc1cccc(O)c1)NCC(F)(F)F. The van der Waals surface area contributed by atoms with Crippen molar-refractivity contribution in [2.75, 3.05) is 6.54 Å². The molecule has 0 aliphatic heterocycles. The lowest BCUT2D eigenvalue weighted by Gasteiger charge is -2.15. The summed E-state index contributed by atoms with van der Waals surface area (Å²) in [7, 11) is 0. The summed E-state index contributed by atoms with van der Waals surface area (Å²) in [4.78, 5) is 0. The van der Waals surface area contributed by atoms with Gasteiger partial charge in [-0.15, -0.1) is 0 Å². The zero-order valence-electron chi connectivity index (χ0n) is 8.88. The van der Waals surface area contributed by atoms with Crippen LogP contribution in [-0.2, 0) is 6.42 Å². The fraction of sp³-hybridized carbons (Fsp3) is 0.455. The first-order valence-electron chi connectivity index (χ1n) is 4.95. The van der Waals surface area contributed by atoms with E-state index in [9.17, 15) is 18.3 Å². The molecule has 0 spiro atoms. The highest BCUT2D eigenvalue weighted by Gasteiger charge is 2.27. The van der Waals surface area contributed by atoms with Gasteiger partial charge in [-0.2, -0.15) is 13.2 Å². The van der Waals surface area contributed by atoms with Gasteiger partial charge in [-0.05, 0) is 31.0 Å². The van der Waals surface area contributed by atoms with E-state index in [1.807, 2.05) is 0 Å². The maximum Gasteiger partial charge on any atom is 0.401 e. The molecule has 0 aliphatic rings. The molecule has 0 saturated heterocycles. The minimum Gasteiger partial charge on any atom is -0.508 e. The third kappa shape index (κ3) is 5.02. The van der Waals surface area contributed by atoms with Crippen molar-refractivity contribution in [3.63, 3.8) is 0 Å². The molecule has 0 bridgehead atoms. The number of hydrogen-bond acceptors (Lipinski definition) is 2. The van der Waals surface area contributed by atoms with Crippen molar-refractivity contribution >= 4 is 0 Å². The number of aromatic hydroxyl groups is 1. The molecule has 2 N–H and O–H groups in total. The molecular formula is C11H14F3NO. The molecule has 5 heteroatoms. The van der Waals surface area contributed by atoms with Gasteiger partial charge in [-0.1, -0.05) is 12.1 Å². The van der Waals surface area contributed by atoms with Gasteiger partial charge in [0.25, 0.3) is 0 Å². The molecule has 16 heavy (non-hydrogen) atoms. The topological polar surface area (TPSA) is 32.3 Å². The molecule has 2 nitrogen and oxygen atoms in total. The first kappa shape index (κ1) is 12.8. The van der Waals surface area contributed by atoms with E-state index < -0.39 is 12.7 Å². The Morgan fingerprint density at radius 2 is 2.06 bits per heavy atom. The van der Waals surface area contributed by atoms with Gasteiger partial charge >= 0.3 is 6.18 Å². The maximum atomic E-state index is 11.9. The van der Waals surface area contributed by atoms with Crippen LogP contribution in [0, 0.1) is 0 Å². The van der Waals surface area contributed by atoms with Crippen LogP contribution in [-0.4, -0.2) is 23.9 Å². The monoisotopic (exact) mass is 233 g/mol. The first-order chi connectivity index (χ1) is 7.37. The van der Waals surface area contributed by atoms with Crippen molar-refractivity contribution in [3.8, 4) is 5.75 Å². The Morgan fingerprint density at radius 3 is 2.62 bits per heavy atom. The number of halogens is 3. The Balaban J connectivity index is 2.43. The van der Waals surface area contributed by atoms with Gasteiger partial charge in [-0.25, -0.2) is 0 Å². The summed E-state index contributed by atoms with van der Waals surface area (Å²) in [5, 5.41) is 11.6. The standard InChI is InChI=1S/C11H14F3NO/c1-8(15-7-11(12,13)14)5-9-3-2-4-10(16)6-9/h2-4,6,8,15-16H,5,7H2,1H3/t8-/m1/s1. The second-order valence-electron chi connectivity index (χ2n) is 3.77. The number of hydrogen-bond donors (Lipinski definition) is 2. The lowest BCUT2D eigenvalue weighted by molar-refractivity contribution is -0.126. The van der Waals surface area contributed by atoms with E-state index in [0.29, 0.717) is 6.42 Å². The predicted octanol–water partition coefficient (Wildman–Crippen LogP) is 2.48. The minimum absolute atomic E-state index is 0.125. The van der Waals surface area contributed by atoms with Crippen molar-refractivity contribution in [2.24, 2.45) is 0 Å². The molecule has 0 unspecified atom stereocenters. The lowest BCUT2D eigenvalue weighted by atomic mass is 10.1. The summed E-state index contributed by atoms with van der Waals surface area (Å²) in [5.74, 6) is 0.125. The van der Waals surface area contributed by atoms with Gasteiger partial charge in [0.15, 0.2) is 0 Å². The molecule has 0 fully saturated rings. The van der Waals surface area contributed by atoms with Crippen molar-refractivity contribution in [3.05, 3.63) is 29.8 Å². The molecular weight excluding hydrogens is 219 g/mol. The van der Waals surface area contributed by atoms with Crippen LogP contribution in [0.3, 0.4) is 0 Å². The van der Waals surface area contributed by atoms with Crippen LogP contribution in [0.1, 0.15) is 12.5 Å². The minimum atomic E-state index is -4.19. The van der Waals surface area contributed by atoms with Gasteiger partial charge in [0.2, 0.25) is 0 Å². The van der Waals surface area contributed by atoms with Gasteiger partial charge in [0.1, 0.15) is 5.75 Å². The maximum absolute atomic E-state index is 11.9. The van der Waals surface area contributed by atoms with Crippen molar-refractivity contribution in [1.82, 2.24) is 5.32 Å². The molecule has 0 heterocycles. The van der Waals surface area contributed by atoms with Crippen LogP contribution in [0.5, 0.6) is 5.75 Å². The zero-order chi connectivity index (χ0) is 12.2. The van der Waals surface area contributed by atoms with Crippen LogP contribution in [0.4, 0.5) is 13.2 Å². The van der Waals surface area contributed by atoms with E-state index >= 15 is 0 Å². The lowest BCUT2D eigenvalue weighted by Crippen LogP contribution is -2.36. The Hall–Kier alpha value is -1.23. The summed E-state index contributed by atoms with van der Waals surface area (Å²) >= 11 is 0. The normalized spacial score (nSPS) is 13.8. The Labute approximate surface area is 92.1 Å². The van der Waals surface area contributed by atoms with Crippen LogP contribution in [0.15, 0.2) is 24.3 Å². The molecule has 1 aromatic carbocycles. The fourth-order valence-electron chi connectivity index (χ4n) is 1.40. The Kier molecular flexibility index (Phi) is 4.18. The van der Waals surface area contributed by atoms with Gasteiger partial charge in [-0.3, -0.25) is 0 Å². The van der Waals surface area contributed by atoms with Crippen LogP contribution in [0.25, 0.3) is 0 Å². The fourth-order valence-corrected chi connectivity index (χ4v) is 1.40. The zero-order valence-corrected chi connectivity index (χ0v) is 8.88. The van der Waals surface area contributed by atoms with Crippen LogP contribution < -0.4 is 5.32 Å². The number of phenols is 1. The van der Waals surface area contributed by atoms with Crippen LogP contribution in [0.2, 0.25) is 0 Å². The molecule has 0 saturated carbocycles. The number of nitrogens with one attached hydrogen (secondary N) is 1. The summed E-state index contributed by atoms with van der Waals surface area (Å²) in [6.45, 7) is 0.683. The Bertz CT molecular complexity index is 338. The van der Waals surface area contributed by atoms with Gasteiger partial charge in [0, 0.05) is 6.04 Å². The third-order valence-corrected chi connectivity index (χ3v) is 2.10. The van der Waals surface area contributed by atoms with E-state index in [2.05, 4.69) is 5.32 Å². The van der Waals surface area contributed by atoms with Gasteiger partial charge < -0.3 is 10.4 Å². The molecule has 0 aromatic heterocycles. The molecule has 0 amide bonds. The summed E-state index contributed by atoms with van der Waals surface area (Å²) in [6, 6.07) is 6.22. The van der Waals surface area contributed by atoms with E-state index in [1.54, 1.807) is 25.1 Å². The number of rotatable bonds is 4. The van der Waals surface area contributed by atoms with Crippen molar-refractivity contribution in [1.29, 1.82) is 0 Å². The molecule has 1 rings (SSSR count). The van der Waals surface area contributed by atoms with E-state index in [4.69, 9.17) is 0 Å². The smallest absolute Gasteiger partial charge is 0.401 e. The second-order valence-corrected chi connectivity index (χ2v) is 3.77. The third-order valence-electron chi connectivity index (χ3n) is 2.10. The van der Waals surface area contributed by atoms with Crippen LogP contribution >= 0.6 is 0 Å². The first-order valence-corrected chi connectivity index (χ1v) is 4.95. The average Bonchev–Trinajstić information content (AvgIpc) is 2.14. The van der Waals surface area contributed by atoms with E-state index in [0.717, 1.165) is 5.56 Å². The Morgan fingerprint density at radius 1 is 1.38 bits per heavy atom. The van der Waals surface area contributed by atoms with Crippen molar-refractivity contribution < 1.29 is 18.3 Å². The van der Waals surface area contributed by atoms with E-state index in [1.165, 1.54) is 6.07 Å². The summed E-state index contributed by atoms with van der Waals surface area (Å²) in [6.07, 6.45) is -3.74. The number of phenolic OH excluding ortho intramolecular Hbond substituents is 1. The molecule has 90 valence electrons. The average molecular weight is 233 g/mol. The molecule has 0 radical (unpaired) electrons. The highest BCUT2D eigenvalue weighted by atomic mass is 19.4. The second kappa shape index (κ2) is 5.21.